The van der Waals surface area contributed by atoms with Gasteiger partial charge >= 0.3 is 0 Å². The minimum Gasteiger partial charge on any atom is -0.504 e. The Labute approximate surface area is 201 Å². The first kappa shape index (κ1) is 24.6. The first-order valence-corrected chi connectivity index (χ1v) is 13.4. The number of allylic oxidation sites excluding steroid dienone is 1. The molecule has 0 heterocycles. The van der Waals surface area contributed by atoms with E-state index in [4.69, 9.17) is 5.73 Å². The summed E-state index contributed by atoms with van der Waals surface area (Å²) in [5, 5.41) is 20.8. The lowest BCUT2D eigenvalue weighted by Gasteiger charge is -2.66. The van der Waals surface area contributed by atoms with Gasteiger partial charge in [-0.15, -0.1) is 0 Å². The first-order chi connectivity index (χ1) is 15.5. The molecule has 1 aromatic rings. The van der Waals surface area contributed by atoms with Crippen molar-refractivity contribution in [3.05, 3.63) is 28.8 Å². The van der Waals surface area contributed by atoms with Crippen LogP contribution in [0.25, 0.3) is 6.08 Å². The predicted octanol–water partition coefficient (Wildman–Crippen LogP) is 7.31. The lowest BCUT2D eigenvalue weighted by atomic mass is 9.38. The highest BCUT2D eigenvalue weighted by atomic mass is 16.3. The zero-order valence-corrected chi connectivity index (χ0v) is 22.1. The summed E-state index contributed by atoms with van der Waals surface area (Å²) in [7, 11) is 0. The summed E-state index contributed by atoms with van der Waals surface area (Å²) in [4.78, 5) is 0. The van der Waals surface area contributed by atoms with Gasteiger partial charge in [0.15, 0.2) is 11.5 Å². The van der Waals surface area contributed by atoms with Crippen LogP contribution in [0.2, 0.25) is 0 Å². The number of nitrogens with two attached hydrogens (primary N) is 1. The van der Waals surface area contributed by atoms with Gasteiger partial charge in [-0.25, -0.2) is 0 Å². The van der Waals surface area contributed by atoms with Crippen LogP contribution in [0.5, 0.6) is 11.5 Å². The standard InChI is InChI=1S/C28H41NO2.C2H6/c1-17-18-6-7-23-27(4,20(18)14-22(30)24(17)31)9-8-19-21-15-25(2,16-29)10-11-26(21,3)12-13-28(19,23)5;1-2/h6-7,14,19,21,23,30-31H,8-13,15-16,29H2,1-5H3;1-2H3/t19?,21?,23?,25-,26?,27?,28?;/m1./s1. The third-order valence-corrected chi connectivity index (χ3v) is 11.0. The van der Waals surface area contributed by atoms with E-state index in [9.17, 15) is 10.2 Å². The molecule has 3 nitrogen and oxygen atoms in total. The Balaban J connectivity index is 0.00000126. The Kier molecular flexibility index (Phi) is 6.00. The Morgan fingerprint density at radius 1 is 0.970 bits per heavy atom. The molecule has 184 valence electrons. The minimum absolute atomic E-state index is 0.00481. The van der Waals surface area contributed by atoms with E-state index < -0.39 is 0 Å². The molecule has 4 N–H and O–H groups in total. The number of rotatable bonds is 1. The smallest absolute Gasteiger partial charge is 0.161 e. The second kappa shape index (κ2) is 8.04. The first-order valence-electron chi connectivity index (χ1n) is 13.4. The van der Waals surface area contributed by atoms with E-state index in [2.05, 4.69) is 39.8 Å². The fourth-order valence-electron chi connectivity index (χ4n) is 8.65. The second-order valence-corrected chi connectivity index (χ2v) is 12.7. The predicted molar refractivity (Wildman–Crippen MR) is 138 cm³/mol. The maximum absolute atomic E-state index is 10.4. The van der Waals surface area contributed by atoms with Crippen LogP contribution in [0, 0.1) is 40.9 Å². The van der Waals surface area contributed by atoms with Crippen LogP contribution in [0.4, 0.5) is 0 Å². The summed E-state index contributed by atoms with van der Waals surface area (Å²) in [6.07, 6.45) is 13.6. The van der Waals surface area contributed by atoms with E-state index in [1.165, 1.54) is 44.1 Å². The molecule has 0 aromatic heterocycles. The summed E-state index contributed by atoms with van der Waals surface area (Å²) in [5.41, 5.74) is 10.4. The van der Waals surface area contributed by atoms with Crippen molar-refractivity contribution < 1.29 is 10.2 Å². The third kappa shape index (κ3) is 3.39. The molecule has 0 spiro atoms. The molecular formula is C30H47NO2. The van der Waals surface area contributed by atoms with Gasteiger partial charge in [-0.05, 0) is 110 Å². The van der Waals surface area contributed by atoms with Gasteiger partial charge in [0, 0.05) is 11.0 Å². The number of hydrogen-bond acceptors (Lipinski definition) is 3. The molecule has 0 bridgehead atoms. The number of phenolic OH excluding ortho intramolecular Hbond substituents is 2. The Morgan fingerprint density at radius 2 is 1.64 bits per heavy atom. The zero-order chi connectivity index (χ0) is 24.4. The molecule has 0 amide bonds. The average Bonchev–Trinajstić information content (AvgIpc) is 2.80. The fourth-order valence-corrected chi connectivity index (χ4v) is 8.65. The molecule has 3 heteroatoms. The number of phenols is 2. The fraction of sp³-hybridized carbons (Fsp3) is 0.733. The normalized spacial score (nSPS) is 43.3. The lowest BCUT2D eigenvalue weighted by molar-refractivity contribution is -0.140. The Hall–Kier alpha value is -1.48. The number of aromatic hydroxyl groups is 2. The number of benzene rings is 1. The topological polar surface area (TPSA) is 66.5 Å². The van der Waals surface area contributed by atoms with Gasteiger partial charge in [0.05, 0.1) is 0 Å². The van der Waals surface area contributed by atoms with Crippen molar-refractivity contribution in [3.8, 4) is 11.5 Å². The summed E-state index contributed by atoms with van der Waals surface area (Å²) in [6, 6.07) is 1.86. The quantitative estimate of drug-likeness (QED) is 0.390. The summed E-state index contributed by atoms with van der Waals surface area (Å²) in [6.45, 7) is 16.7. The molecule has 3 fully saturated rings. The van der Waals surface area contributed by atoms with Crippen molar-refractivity contribution in [2.24, 2.45) is 39.7 Å². The molecule has 1 aromatic carbocycles. The molecule has 3 saturated carbocycles. The summed E-state index contributed by atoms with van der Waals surface area (Å²) in [5.74, 6) is 2.00. The molecule has 7 atom stereocenters. The van der Waals surface area contributed by atoms with E-state index in [-0.39, 0.29) is 22.3 Å². The SMILES string of the molecule is CC.Cc1c(O)c(O)cc2c1C=CC1C2(C)CCC2C3C[C@](C)(CN)CCC3(C)CCC21C. The van der Waals surface area contributed by atoms with Crippen LogP contribution in [0.1, 0.15) is 103 Å². The van der Waals surface area contributed by atoms with Crippen molar-refractivity contribution in [1.29, 1.82) is 0 Å². The van der Waals surface area contributed by atoms with Crippen molar-refractivity contribution in [1.82, 2.24) is 0 Å². The van der Waals surface area contributed by atoms with Crippen molar-refractivity contribution in [2.75, 3.05) is 6.54 Å². The van der Waals surface area contributed by atoms with Crippen LogP contribution in [0.15, 0.2) is 12.1 Å². The second-order valence-electron chi connectivity index (χ2n) is 12.7. The molecule has 4 aliphatic carbocycles. The van der Waals surface area contributed by atoms with Gasteiger partial charge < -0.3 is 15.9 Å². The van der Waals surface area contributed by atoms with E-state index in [1.54, 1.807) is 0 Å². The molecule has 4 aliphatic rings. The van der Waals surface area contributed by atoms with Gasteiger partial charge in [-0.1, -0.05) is 53.7 Å². The monoisotopic (exact) mass is 453 g/mol. The zero-order valence-electron chi connectivity index (χ0n) is 22.1. The van der Waals surface area contributed by atoms with Crippen molar-refractivity contribution in [3.63, 3.8) is 0 Å². The highest BCUT2D eigenvalue weighted by molar-refractivity contribution is 5.69. The number of fused-ring (bicyclic) bond motifs is 7. The molecule has 6 unspecified atom stereocenters. The van der Waals surface area contributed by atoms with Gasteiger partial charge in [0.2, 0.25) is 0 Å². The molecule has 0 radical (unpaired) electrons. The van der Waals surface area contributed by atoms with Gasteiger partial charge in [0.25, 0.3) is 0 Å². The molecule has 5 rings (SSSR count). The van der Waals surface area contributed by atoms with Crippen LogP contribution in [-0.2, 0) is 5.41 Å². The Bertz CT molecular complexity index is 953. The van der Waals surface area contributed by atoms with Gasteiger partial charge in [-0.2, -0.15) is 0 Å². The van der Waals surface area contributed by atoms with Crippen molar-refractivity contribution >= 4 is 6.08 Å². The van der Waals surface area contributed by atoms with E-state index in [1.807, 2.05) is 26.8 Å². The molecule has 33 heavy (non-hydrogen) atoms. The average molecular weight is 454 g/mol. The van der Waals surface area contributed by atoms with E-state index >= 15 is 0 Å². The molecule has 0 aliphatic heterocycles. The third-order valence-electron chi connectivity index (χ3n) is 11.0. The highest BCUT2D eigenvalue weighted by Gasteiger charge is 2.62. The van der Waals surface area contributed by atoms with Crippen LogP contribution >= 0.6 is 0 Å². The Morgan fingerprint density at radius 3 is 2.30 bits per heavy atom. The maximum atomic E-state index is 10.4. The van der Waals surface area contributed by atoms with Crippen LogP contribution in [-0.4, -0.2) is 16.8 Å². The lowest BCUT2D eigenvalue weighted by Crippen LogP contribution is -2.59. The van der Waals surface area contributed by atoms with Crippen molar-refractivity contribution in [2.45, 2.75) is 98.8 Å². The summed E-state index contributed by atoms with van der Waals surface area (Å²) < 4.78 is 0. The van der Waals surface area contributed by atoms with E-state index in [0.717, 1.165) is 35.9 Å². The maximum Gasteiger partial charge on any atom is 0.161 e. The largest absolute Gasteiger partial charge is 0.504 e. The van der Waals surface area contributed by atoms with Gasteiger partial charge in [-0.3, -0.25) is 0 Å². The van der Waals surface area contributed by atoms with Crippen LogP contribution < -0.4 is 5.73 Å². The van der Waals surface area contributed by atoms with Crippen LogP contribution in [0.3, 0.4) is 0 Å². The molecular weight excluding hydrogens is 406 g/mol. The highest BCUT2D eigenvalue weighted by Crippen LogP contribution is 2.70. The van der Waals surface area contributed by atoms with Gasteiger partial charge in [0.1, 0.15) is 0 Å². The summed E-state index contributed by atoms with van der Waals surface area (Å²) >= 11 is 0. The molecule has 0 saturated heterocycles. The minimum atomic E-state index is 0.00481. The van der Waals surface area contributed by atoms with E-state index in [0.29, 0.717) is 16.7 Å². The number of hydrogen-bond donors (Lipinski definition) is 3.